The van der Waals surface area contributed by atoms with Crippen molar-refractivity contribution < 1.29 is 18.0 Å². The first kappa shape index (κ1) is 15.3. The van der Waals surface area contributed by atoms with E-state index < -0.39 is 12.0 Å². The van der Waals surface area contributed by atoms with Gasteiger partial charge in [0, 0.05) is 25.6 Å². The van der Waals surface area contributed by atoms with Crippen molar-refractivity contribution >= 4 is 17.5 Å². The fourth-order valence-electron chi connectivity index (χ4n) is 2.39. The number of rotatable bonds is 3. The third-order valence-corrected chi connectivity index (χ3v) is 3.41. The zero-order valence-corrected chi connectivity index (χ0v) is 11.2. The van der Waals surface area contributed by atoms with Crippen LogP contribution in [-0.2, 0) is 11.0 Å². The van der Waals surface area contributed by atoms with Crippen molar-refractivity contribution in [3.05, 3.63) is 11.9 Å². The average molecular weight is 303 g/mol. The maximum atomic E-state index is 12.7. The Labute approximate surface area is 119 Å². The van der Waals surface area contributed by atoms with Gasteiger partial charge in [0.1, 0.15) is 11.6 Å². The molecule has 0 unspecified atom stereocenters. The van der Waals surface area contributed by atoms with E-state index >= 15 is 0 Å². The third-order valence-electron chi connectivity index (χ3n) is 3.41. The Kier molecular flexibility index (Phi) is 4.19. The van der Waals surface area contributed by atoms with Gasteiger partial charge >= 0.3 is 6.18 Å². The molecule has 1 aliphatic rings. The SMILES string of the molecule is NC(=O)CC1CCN(c2cc(N)nc(C(F)(F)F)n2)CC1. The van der Waals surface area contributed by atoms with Gasteiger partial charge in [-0.15, -0.1) is 0 Å². The van der Waals surface area contributed by atoms with Crippen molar-refractivity contribution in [3.8, 4) is 0 Å². The van der Waals surface area contributed by atoms with E-state index in [4.69, 9.17) is 11.5 Å². The first-order valence-corrected chi connectivity index (χ1v) is 6.50. The summed E-state index contributed by atoms with van der Waals surface area (Å²) in [6.07, 6.45) is -2.98. The van der Waals surface area contributed by atoms with Crippen LogP contribution in [0.2, 0.25) is 0 Å². The minimum Gasteiger partial charge on any atom is -0.384 e. The van der Waals surface area contributed by atoms with Crippen molar-refractivity contribution in [3.63, 3.8) is 0 Å². The molecule has 0 radical (unpaired) electrons. The summed E-state index contributed by atoms with van der Waals surface area (Å²) < 4.78 is 38.0. The van der Waals surface area contributed by atoms with Gasteiger partial charge in [-0.25, -0.2) is 9.97 Å². The molecule has 116 valence electrons. The number of primary amides is 1. The molecule has 0 aromatic carbocycles. The van der Waals surface area contributed by atoms with E-state index in [2.05, 4.69) is 9.97 Å². The normalized spacial score (nSPS) is 17.0. The largest absolute Gasteiger partial charge is 0.451 e. The summed E-state index contributed by atoms with van der Waals surface area (Å²) in [6.45, 7) is 1.01. The Hall–Kier alpha value is -2.06. The Balaban J connectivity index is 2.10. The highest BCUT2D eigenvalue weighted by atomic mass is 19.4. The second kappa shape index (κ2) is 5.74. The topological polar surface area (TPSA) is 98.1 Å². The molecule has 9 heteroatoms. The lowest BCUT2D eigenvalue weighted by Gasteiger charge is -2.32. The van der Waals surface area contributed by atoms with Gasteiger partial charge in [-0.1, -0.05) is 0 Å². The van der Waals surface area contributed by atoms with Crippen LogP contribution in [0.25, 0.3) is 0 Å². The fraction of sp³-hybridized carbons (Fsp3) is 0.583. The molecule has 1 amide bonds. The van der Waals surface area contributed by atoms with Gasteiger partial charge in [-0.05, 0) is 18.8 Å². The van der Waals surface area contributed by atoms with E-state index in [1.807, 2.05) is 0 Å². The number of aromatic nitrogens is 2. The zero-order valence-electron chi connectivity index (χ0n) is 11.2. The van der Waals surface area contributed by atoms with Crippen LogP contribution >= 0.6 is 0 Å². The highest BCUT2D eigenvalue weighted by Crippen LogP contribution is 2.30. The van der Waals surface area contributed by atoms with Gasteiger partial charge < -0.3 is 16.4 Å². The van der Waals surface area contributed by atoms with E-state index in [1.54, 1.807) is 4.90 Å². The molecular weight excluding hydrogens is 287 g/mol. The van der Waals surface area contributed by atoms with Crippen LogP contribution in [0.15, 0.2) is 6.07 Å². The van der Waals surface area contributed by atoms with E-state index in [-0.39, 0.29) is 23.5 Å². The predicted octanol–water partition coefficient (Wildman–Crippen LogP) is 1.17. The lowest BCUT2D eigenvalue weighted by molar-refractivity contribution is -0.144. The number of hydrogen-bond donors (Lipinski definition) is 2. The molecule has 0 atom stereocenters. The van der Waals surface area contributed by atoms with Crippen molar-refractivity contribution in [2.75, 3.05) is 23.7 Å². The van der Waals surface area contributed by atoms with Crippen molar-refractivity contribution in [1.29, 1.82) is 0 Å². The number of piperidine rings is 1. The van der Waals surface area contributed by atoms with Crippen molar-refractivity contribution in [2.45, 2.75) is 25.4 Å². The van der Waals surface area contributed by atoms with E-state index in [1.165, 1.54) is 6.07 Å². The van der Waals surface area contributed by atoms with Gasteiger partial charge in [0.05, 0.1) is 0 Å². The van der Waals surface area contributed by atoms with Gasteiger partial charge in [0.15, 0.2) is 0 Å². The Morgan fingerprint density at radius 2 is 1.95 bits per heavy atom. The highest BCUT2D eigenvalue weighted by molar-refractivity contribution is 5.74. The predicted molar refractivity (Wildman–Crippen MR) is 70.2 cm³/mol. The van der Waals surface area contributed by atoms with E-state index in [9.17, 15) is 18.0 Å². The number of hydrogen-bond acceptors (Lipinski definition) is 5. The molecule has 4 N–H and O–H groups in total. The van der Waals surface area contributed by atoms with Crippen LogP contribution in [0.3, 0.4) is 0 Å². The molecule has 2 heterocycles. The molecule has 0 aliphatic carbocycles. The monoisotopic (exact) mass is 303 g/mol. The van der Waals surface area contributed by atoms with Crippen molar-refractivity contribution in [2.24, 2.45) is 11.7 Å². The molecule has 0 bridgehead atoms. The Morgan fingerprint density at radius 3 is 2.48 bits per heavy atom. The van der Waals surface area contributed by atoms with Crippen LogP contribution in [-0.4, -0.2) is 29.0 Å². The number of amides is 1. The zero-order chi connectivity index (χ0) is 15.6. The van der Waals surface area contributed by atoms with Crippen LogP contribution in [0.1, 0.15) is 25.1 Å². The maximum Gasteiger partial charge on any atom is 0.451 e. The fourth-order valence-corrected chi connectivity index (χ4v) is 2.39. The number of carbonyl (C=O) groups excluding carboxylic acids is 1. The van der Waals surface area contributed by atoms with Gasteiger partial charge in [0.25, 0.3) is 0 Å². The molecule has 0 saturated carbocycles. The Bertz CT molecular complexity index is 526. The summed E-state index contributed by atoms with van der Waals surface area (Å²) in [5, 5.41) is 0. The number of halogens is 3. The first-order chi connectivity index (χ1) is 9.75. The smallest absolute Gasteiger partial charge is 0.384 e. The second-order valence-corrected chi connectivity index (χ2v) is 5.07. The molecule has 21 heavy (non-hydrogen) atoms. The summed E-state index contributed by atoms with van der Waals surface area (Å²) >= 11 is 0. The van der Waals surface area contributed by atoms with Crippen LogP contribution < -0.4 is 16.4 Å². The summed E-state index contributed by atoms with van der Waals surface area (Å²) in [5.74, 6) is -1.49. The van der Waals surface area contributed by atoms with Crippen LogP contribution in [0.4, 0.5) is 24.8 Å². The molecular formula is C12H16F3N5O. The third kappa shape index (κ3) is 3.96. The van der Waals surface area contributed by atoms with Crippen LogP contribution in [0, 0.1) is 5.92 Å². The molecule has 1 aromatic rings. The second-order valence-electron chi connectivity index (χ2n) is 5.07. The molecule has 1 aliphatic heterocycles. The van der Waals surface area contributed by atoms with Crippen molar-refractivity contribution in [1.82, 2.24) is 9.97 Å². The number of nitrogens with zero attached hydrogens (tertiary/aromatic N) is 3. The summed E-state index contributed by atoms with van der Waals surface area (Å²) in [6, 6.07) is 1.32. The van der Waals surface area contributed by atoms with E-state index in [0.29, 0.717) is 32.4 Å². The Morgan fingerprint density at radius 1 is 1.33 bits per heavy atom. The lowest BCUT2D eigenvalue weighted by Crippen LogP contribution is -2.36. The summed E-state index contributed by atoms with van der Waals surface area (Å²) in [7, 11) is 0. The van der Waals surface area contributed by atoms with E-state index in [0.717, 1.165) is 0 Å². The average Bonchev–Trinajstić information content (AvgIpc) is 2.37. The molecule has 2 rings (SSSR count). The molecule has 1 fully saturated rings. The molecule has 6 nitrogen and oxygen atoms in total. The summed E-state index contributed by atoms with van der Waals surface area (Å²) in [4.78, 5) is 19.3. The summed E-state index contributed by atoms with van der Waals surface area (Å²) in [5.41, 5.74) is 10.6. The first-order valence-electron chi connectivity index (χ1n) is 6.50. The highest BCUT2D eigenvalue weighted by Gasteiger charge is 2.36. The molecule has 1 aromatic heterocycles. The minimum absolute atomic E-state index is 0.160. The number of anilines is 2. The maximum absolute atomic E-state index is 12.7. The minimum atomic E-state index is -4.63. The number of alkyl halides is 3. The van der Waals surface area contributed by atoms with Crippen LogP contribution in [0.5, 0.6) is 0 Å². The van der Waals surface area contributed by atoms with Gasteiger partial charge in [0.2, 0.25) is 11.7 Å². The standard InChI is InChI=1S/C12H16F3N5O/c13-12(14,15)11-18-8(16)6-10(19-11)20-3-1-7(2-4-20)5-9(17)21/h6-7H,1-5H2,(H2,17,21)(H2,16,18,19). The lowest BCUT2D eigenvalue weighted by atomic mass is 9.93. The van der Waals surface area contributed by atoms with Gasteiger partial charge in [-0.2, -0.15) is 13.2 Å². The number of nitrogens with two attached hydrogens (primary N) is 2. The van der Waals surface area contributed by atoms with Gasteiger partial charge in [-0.3, -0.25) is 4.79 Å². The number of carbonyl (C=O) groups is 1. The quantitative estimate of drug-likeness (QED) is 0.873. The molecule has 0 spiro atoms. The number of nitrogen functional groups attached to an aromatic ring is 1. The molecule has 1 saturated heterocycles.